The van der Waals surface area contributed by atoms with Crippen molar-refractivity contribution in [2.45, 2.75) is 39.0 Å². The van der Waals surface area contributed by atoms with Crippen molar-refractivity contribution in [1.82, 2.24) is 15.3 Å². The Labute approximate surface area is 161 Å². The number of methoxy groups -OCH3 is 1. The Morgan fingerprint density at radius 3 is 2.67 bits per heavy atom. The lowest BCUT2D eigenvalue weighted by molar-refractivity contribution is 0.0949. The molecule has 3 rings (SSSR count). The number of carbonyl (C=O) groups excluding carboxylic acids is 1. The van der Waals surface area contributed by atoms with Crippen molar-refractivity contribution in [2.75, 3.05) is 31.6 Å². The highest BCUT2D eigenvalue weighted by molar-refractivity contribution is 5.92. The van der Waals surface area contributed by atoms with E-state index in [0.29, 0.717) is 18.2 Å². The average Bonchev–Trinajstić information content (AvgIpc) is 2.97. The summed E-state index contributed by atoms with van der Waals surface area (Å²) < 4.78 is 5.24. The summed E-state index contributed by atoms with van der Waals surface area (Å²) in [5, 5.41) is 2.97. The fourth-order valence-corrected chi connectivity index (χ4v) is 3.32. The Morgan fingerprint density at radius 2 is 1.93 bits per heavy atom. The number of hydrogen-bond donors (Lipinski definition) is 1. The average molecular weight is 368 g/mol. The Balaban J connectivity index is 1.62. The van der Waals surface area contributed by atoms with Gasteiger partial charge in [0.2, 0.25) is 5.95 Å². The molecule has 144 valence electrons. The van der Waals surface area contributed by atoms with Gasteiger partial charge >= 0.3 is 0 Å². The number of rotatable bonds is 6. The van der Waals surface area contributed by atoms with Gasteiger partial charge in [-0.05, 0) is 49.9 Å². The van der Waals surface area contributed by atoms with Crippen LogP contribution < -0.4 is 15.0 Å². The Kier molecular flexibility index (Phi) is 6.63. The van der Waals surface area contributed by atoms with Crippen LogP contribution in [0.3, 0.4) is 0 Å². The van der Waals surface area contributed by atoms with Crippen LogP contribution in [-0.2, 0) is 6.42 Å². The van der Waals surface area contributed by atoms with Gasteiger partial charge in [0.1, 0.15) is 11.4 Å². The van der Waals surface area contributed by atoms with Crippen LogP contribution >= 0.6 is 0 Å². The molecule has 2 heterocycles. The van der Waals surface area contributed by atoms with Crippen molar-refractivity contribution in [1.29, 1.82) is 0 Å². The maximum Gasteiger partial charge on any atom is 0.270 e. The first-order valence-corrected chi connectivity index (χ1v) is 9.67. The minimum Gasteiger partial charge on any atom is -0.497 e. The van der Waals surface area contributed by atoms with Crippen LogP contribution in [0, 0.1) is 6.92 Å². The van der Waals surface area contributed by atoms with Crippen LogP contribution in [0.2, 0.25) is 0 Å². The SMILES string of the molecule is COc1cccc(CCNC(=O)c2cc(C)nc(N3CCCCCC3)n2)c1. The van der Waals surface area contributed by atoms with E-state index in [9.17, 15) is 4.79 Å². The number of nitrogens with one attached hydrogen (secondary N) is 1. The van der Waals surface area contributed by atoms with Crippen molar-refractivity contribution in [3.63, 3.8) is 0 Å². The molecule has 0 radical (unpaired) electrons. The van der Waals surface area contributed by atoms with E-state index < -0.39 is 0 Å². The Bertz CT molecular complexity index is 771. The van der Waals surface area contributed by atoms with Crippen molar-refractivity contribution >= 4 is 11.9 Å². The summed E-state index contributed by atoms with van der Waals surface area (Å²) >= 11 is 0. The number of aromatic nitrogens is 2. The maximum atomic E-state index is 12.6. The molecule has 0 bridgehead atoms. The number of nitrogens with zero attached hydrogens (tertiary/aromatic N) is 3. The molecule has 0 atom stereocenters. The quantitative estimate of drug-likeness (QED) is 0.848. The largest absolute Gasteiger partial charge is 0.497 e. The summed E-state index contributed by atoms with van der Waals surface area (Å²) in [6.07, 6.45) is 5.55. The Hall–Kier alpha value is -2.63. The van der Waals surface area contributed by atoms with Gasteiger partial charge in [0.05, 0.1) is 7.11 Å². The number of amides is 1. The first kappa shape index (κ1) is 19.1. The molecule has 0 spiro atoms. The van der Waals surface area contributed by atoms with E-state index in [0.717, 1.165) is 49.4 Å². The highest BCUT2D eigenvalue weighted by Crippen LogP contribution is 2.17. The van der Waals surface area contributed by atoms with Crippen LogP contribution in [0.1, 0.15) is 47.4 Å². The molecule has 1 N–H and O–H groups in total. The predicted octanol–water partition coefficient (Wildman–Crippen LogP) is 3.15. The van der Waals surface area contributed by atoms with Gasteiger partial charge in [-0.1, -0.05) is 25.0 Å². The lowest BCUT2D eigenvalue weighted by atomic mass is 10.1. The van der Waals surface area contributed by atoms with Gasteiger partial charge in [-0.3, -0.25) is 4.79 Å². The normalized spacial score (nSPS) is 14.5. The Morgan fingerprint density at radius 1 is 1.15 bits per heavy atom. The number of carbonyl (C=O) groups is 1. The molecule has 6 heteroatoms. The van der Waals surface area contributed by atoms with Crippen LogP contribution in [0.5, 0.6) is 5.75 Å². The first-order chi connectivity index (χ1) is 13.2. The van der Waals surface area contributed by atoms with E-state index in [2.05, 4.69) is 20.2 Å². The van der Waals surface area contributed by atoms with E-state index in [-0.39, 0.29) is 5.91 Å². The van der Waals surface area contributed by atoms with Crippen molar-refractivity contribution in [2.24, 2.45) is 0 Å². The number of aryl methyl sites for hydroxylation is 1. The smallest absolute Gasteiger partial charge is 0.270 e. The highest BCUT2D eigenvalue weighted by Gasteiger charge is 2.16. The van der Waals surface area contributed by atoms with Crippen molar-refractivity contribution < 1.29 is 9.53 Å². The number of benzene rings is 1. The number of ether oxygens (including phenoxy) is 1. The van der Waals surface area contributed by atoms with Gasteiger partial charge in [0, 0.05) is 25.3 Å². The van der Waals surface area contributed by atoms with Crippen molar-refractivity contribution in [3.8, 4) is 5.75 Å². The third-order valence-electron chi connectivity index (χ3n) is 4.80. The second kappa shape index (κ2) is 9.35. The van der Waals surface area contributed by atoms with Crippen LogP contribution in [0.15, 0.2) is 30.3 Å². The molecular weight excluding hydrogens is 340 g/mol. The maximum absolute atomic E-state index is 12.6. The summed E-state index contributed by atoms with van der Waals surface area (Å²) in [6, 6.07) is 9.63. The first-order valence-electron chi connectivity index (χ1n) is 9.67. The molecule has 6 nitrogen and oxygen atoms in total. The fraction of sp³-hybridized carbons (Fsp3) is 0.476. The number of hydrogen-bond acceptors (Lipinski definition) is 5. The molecule has 0 unspecified atom stereocenters. The molecule has 1 fully saturated rings. The molecule has 1 aliphatic heterocycles. The van der Waals surface area contributed by atoms with E-state index in [1.165, 1.54) is 12.8 Å². The standard InChI is InChI=1S/C21H28N4O2/c1-16-14-19(24-21(23-16)25-12-5-3-4-6-13-25)20(26)22-11-10-17-8-7-9-18(15-17)27-2/h7-9,14-15H,3-6,10-13H2,1-2H3,(H,22,26). The monoisotopic (exact) mass is 368 g/mol. The van der Waals surface area contributed by atoms with Gasteiger partial charge in [-0.25, -0.2) is 9.97 Å². The summed E-state index contributed by atoms with van der Waals surface area (Å²) in [5.74, 6) is 1.35. The molecule has 27 heavy (non-hydrogen) atoms. The third-order valence-corrected chi connectivity index (χ3v) is 4.80. The molecule has 1 aromatic carbocycles. The topological polar surface area (TPSA) is 67.3 Å². The highest BCUT2D eigenvalue weighted by atomic mass is 16.5. The van der Waals surface area contributed by atoms with Gasteiger partial charge in [-0.2, -0.15) is 0 Å². The molecule has 1 aromatic heterocycles. The molecule has 0 aliphatic carbocycles. The third kappa shape index (κ3) is 5.42. The minimum absolute atomic E-state index is 0.153. The van der Waals surface area contributed by atoms with Crippen LogP contribution in [0.4, 0.5) is 5.95 Å². The fourth-order valence-electron chi connectivity index (χ4n) is 3.32. The van der Waals surface area contributed by atoms with E-state index in [1.54, 1.807) is 13.2 Å². The molecule has 1 saturated heterocycles. The minimum atomic E-state index is -0.153. The van der Waals surface area contributed by atoms with Gasteiger partial charge in [0.25, 0.3) is 5.91 Å². The van der Waals surface area contributed by atoms with Crippen LogP contribution in [-0.4, -0.2) is 42.6 Å². The van der Waals surface area contributed by atoms with Crippen LogP contribution in [0.25, 0.3) is 0 Å². The summed E-state index contributed by atoms with van der Waals surface area (Å²) in [7, 11) is 1.65. The zero-order valence-electron chi connectivity index (χ0n) is 16.2. The summed E-state index contributed by atoms with van der Waals surface area (Å²) in [5.41, 5.74) is 2.38. The summed E-state index contributed by atoms with van der Waals surface area (Å²) in [6.45, 7) is 4.38. The molecule has 1 amide bonds. The van der Waals surface area contributed by atoms with Gasteiger partial charge in [0.15, 0.2) is 0 Å². The second-order valence-corrected chi connectivity index (χ2v) is 6.95. The van der Waals surface area contributed by atoms with Crippen molar-refractivity contribution in [3.05, 3.63) is 47.3 Å². The van der Waals surface area contributed by atoms with Gasteiger partial charge in [-0.15, -0.1) is 0 Å². The molecule has 2 aromatic rings. The van der Waals surface area contributed by atoms with E-state index in [4.69, 9.17) is 4.74 Å². The number of anilines is 1. The van der Waals surface area contributed by atoms with E-state index in [1.807, 2.05) is 31.2 Å². The zero-order chi connectivity index (χ0) is 19.1. The lowest BCUT2D eigenvalue weighted by Gasteiger charge is -2.21. The van der Waals surface area contributed by atoms with Gasteiger partial charge < -0.3 is 15.0 Å². The van der Waals surface area contributed by atoms with E-state index >= 15 is 0 Å². The summed E-state index contributed by atoms with van der Waals surface area (Å²) in [4.78, 5) is 23.9. The molecular formula is C21H28N4O2. The predicted molar refractivity (Wildman–Crippen MR) is 106 cm³/mol. The lowest BCUT2D eigenvalue weighted by Crippen LogP contribution is -2.30. The second-order valence-electron chi connectivity index (χ2n) is 6.95. The molecule has 1 aliphatic rings. The zero-order valence-corrected chi connectivity index (χ0v) is 16.2. The molecule has 0 saturated carbocycles.